The van der Waals surface area contributed by atoms with Crippen molar-refractivity contribution in [3.63, 3.8) is 0 Å². The molecule has 0 radical (unpaired) electrons. The molecule has 4 fully saturated rings. The molecule has 10 rings (SSSR count). The van der Waals surface area contributed by atoms with E-state index < -0.39 is 150 Å². The Hall–Kier alpha value is -10.1. The van der Waals surface area contributed by atoms with Gasteiger partial charge in [-0.05, 0) is 119 Å². The van der Waals surface area contributed by atoms with Crippen LogP contribution in [0.25, 0.3) is 10.9 Å². The molecule has 0 aliphatic carbocycles. The van der Waals surface area contributed by atoms with Crippen molar-refractivity contribution < 1.29 is 96.5 Å². The summed E-state index contributed by atoms with van der Waals surface area (Å²) >= 11 is 6.86. The Bertz CT molecular complexity index is 4700. The second-order valence-electron chi connectivity index (χ2n) is 32.8. The maximum absolute atomic E-state index is 15.4. The molecule has 11 N–H and O–H groups in total. The largest absolute Gasteiger partial charge is 0.508 e. The lowest BCUT2D eigenvalue weighted by molar-refractivity contribution is -0.161. The number of phenols is 1. The first kappa shape index (κ1) is 96.1. The number of anilines is 1. The number of piperazine rings is 1. The zero-order chi connectivity index (χ0) is 89.9. The zero-order valence-corrected chi connectivity index (χ0v) is 74.2. The molecule has 4 aromatic carbocycles. The van der Waals surface area contributed by atoms with Crippen LogP contribution in [0.15, 0.2) is 121 Å². The van der Waals surface area contributed by atoms with E-state index in [1.54, 1.807) is 104 Å². The number of aromatic nitrogens is 1. The van der Waals surface area contributed by atoms with Gasteiger partial charge < -0.3 is 95.5 Å². The minimum Gasteiger partial charge on any atom is -0.508 e. The van der Waals surface area contributed by atoms with Crippen LogP contribution in [0.1, 0.15) is 128 Å². The Morgan fingerprint density at radius 2 is 1.42 bits per heavy atom. The van der Waals surface area contributed by atoms with Gasteiger partial charge in [0.25, 0.3) is 0 Å². The molecule has 10 amide bonds. The number of likely N-dealkylation sites (N-methyl/N-ethyl adjacent to an activating group) is 2. The number of ether oxygens (including phenoxy) is 5. The van der Waals surface area contributed by atoms with Crippen LogP contribution in [0.4, 0.5) is 10.5 Å². The minimum atomic E-state index is -1.91. The lowest BCUT2D eigenvalue weighted by atomic mass is 9.83. The number of ketones is 1. The summed E-state index contributed by atoms with van der Waals surface area (Å²) in [5.74, 6) is -7.58. The van der Waals surface area contributed by atoms with Crippen LogP contribution in [0, 0.1) is 11.8 Å². The lowest BCUT2D eigenvalue weighted by Gasteiger charge is -2.42. The number of aliphatic hydroxyl groups excluding tert-OH is 1. The van der Waals surface area contributed by atoms with Crippen LogP contribution in [0.2, 0.25) is 5.02 Å². The first-order valence-corrected chi connectivity index (χ1v) is 44.9. The molecule has 0 saturated carbocycles. The molecular weight excluding hydrogens is 1660 g/mol. The van der Waals surface area contributed by atoms with Crippen molar-refractivity contribution in [1.82, 2.24) is 51.2 Å². The number of aromatic amines is 1. The number of nitrogens with zero attached hydrogens (tertiary/aromatic N) is 5. The first-order chi connectivity index (χ1) is 59.1. The molecule has 5 aromatic rings. The molecule has 32 nitrogen and oxygen atoms in total. The fraction of sp³-hybridized carbons (Fsp3) is 0.528. The van der Waals surface area contributed by atoms with Gasteiger partial charge in [-0.15, -0.1) is 0 Å². The van der Waals surface area contributed by atoms with E-state index in [1.807, 2.05) is 37.3 Å². The normalized spacial score (nSPS) is 26.6. The summed E-state index contributed by atoms with van der Waals surface area (Å²) in [5.41, 5.74) is 7.26. The molecule has 35 heteroatoms. The number of aromatic hydroxyl groups is 1. The molecular formula is C89H117ClN12O20S2. The Morgan fingerprint density at radius 3 is 2.10 bits per heavy atom. The average molecular weight is 1770 g/mol. The number of methoxy groups -OCH3 is 2. The van der Waals surface area contributed by atoms with Crippen molar-refractivity contribution in [3.05, 3.63) is 148 Å². The third kappa shape index (κ3) is 25.0. The van der Waals surface area contributed by atoms with Gasteiger partial charge in [-0.3, -0.25) is 53.3 Å². The number of Topliss-reactive ketones (excluding diaryl/α,β-unsaturated/α-hetero) is 1. The number of alkyl carbamates (subject to hydrolysis) is 1. The highest BCUT2D eigenvalue weighted by Crippen LogP contribution is 2.50. The fourth-order valence-corrected chi connectivity index (χ4v) is 18.6. The second-order valence-corrected chi connectivity index (χ2v) is 35.9. The number of carbonyl (C=O) groups is 12. The predicted molar refractivity (Wildman–Crippen MR) is 468 cm³/mol. The molecule has 6 heterocycles. The summed E-state index contributed by atoms with van der Waals surface area (Å²) < 4.78 is 29.8. The summed E-state index contributed by atoms with van der Waals surface area (Å²) in [6.45, 7) is 9.10. The number of fused-ring (bicyclic) bond motifs is 6. The third-order valence-electron chi connectivity index (χ3n) is 24.0. The number of hydrogen-bond acceptors (Lipinski definition) is 23. The number of phenolic OH excluding ortho intramolecular Hbond substituents is 1. The number of epoxide rings is 1. The summed E-state index contributed by atoms with van der Waals surface area (Å²) in [6, 6.07) is 17.0. The quantitative estimate of drug-likeness (QED) is 0.0126. The molecule has 5 aliphatic rings. The van der Waals surface area contributed by atoms with Crippen LogP contribution in [0.5, 0.6) is 11.5 Å². The number of unbranched alkanes of at least 4 members (excludes halogenated alkanes) is 1. The standard InChI is InChI=1S/C89H117ClN12O20S2/c1-52-19-18-25-73(119-10)89(117)50-71(120-87(116)97-89)53(2)80-88(5,122-80)72(31-33-74(106)99(7)68-46-58(43-52)47-70(118-9)78(68)90)121-86(115)54(3)98(6)75(107)34-41-123-124-42-35-77(109)102-39-37-101(38-40-102)76(108)32-30-67-83(112)94-65(44-57-26-28-61(104)29-27-57)82(111)93-64(48-60-51-92-63-24-15-14-23-62(60)63)69(105)49-59(22-16-17-36-91)81(110)96-79(55(4)103)84(113)95-66(85(114)100(67)8)45-56-20-12-11-13-21-56/h11-15,18-21,23-29,46-47,51,53-55,59,64-67,71-73,79-80,92,103-104,117H,16-17,22,30-45,48-50,91H2,1-10H3,(H,93,111)(H,94,112)(H,95,113)(H,96,110)(H,97,116)/b25-18+,52-19+/t53-,54+,55-,59-,64-,65+,66+,67+,71+,72+,73-,79+,80+,88+,89+/m1/s1. The molecule has 5 aliphatic heterocycles. The van der Waals surface area contributed by atoms with E-state index in [0.717, 1.165) is 26.9 Å². The number of hydrogen-bond donors (Lipinski definition) is 10. The van der Waals surface area contributed by atoms with Crippen molar-refractivity contribution in [3.8, 4) is 11.5 Å². The van der Waals surface area contributed by atoms with Crippen molar-refractivity contribution in [2.75, 3.05) is 84.5 Å². The first-order valence-electron chi connectivity index (χ1n) is 42.0. The maximum Gasteiger partial charge on any atom is 0.409 e. The number of rotatable bonds is 26. The molecule has 4 bridgehead atoms. The highest BCUT2D eigenvalue weighted by molar-refractivity contribution is 8.76. The van der Waals surface area contributed by atoms with Gasteiger partial charge in [0.1, 0.15) is 70.6 Å². The smallest absolute Gasteiger partial charge is 0.409 e. The lowest BCUT2D eigenvalue weighted by Crippen LogP contribution is -2.63. The van der Waals surface area contributed by atoms with Crippen molar-refractivity contribution in [2.45, 2.75) is 209 Å². The van der Waals surface area contributed by atoms with Gasteiger partial charge >= 0.3 is 12.1 Å². The van der Waals surface area contributed by atoms with Gasteiger partial charge in [-0.25, -0.2) is 9.59 Å². The van der Waals surface area contributed by atoms with Crippen LogP contribution in [0.3, 0.4) is 0 Å². The molecule has 15 atom stereocenters. The molecule has 0 unspecified atom stereocenters. The Morgan fingerprint density at radius 1 is 0.774 bits per heavy atom. The van der Waals surface area contributed by atoms with E-state index in [4.69, 9.17) is 41.0 Å². The van der Waals surface area contributed by atoms with E-state index in [9.17, 15) is 53.7 Å². The number of nitrogens with one attached hydrogen (secondary N) is 6. The van der Waals surface area contributed by atoms with E-state index in [0.29, 0.717) is 58.9 Å². The predicted octanol–water partition coefficient (Wildman–Crippen LogP) is 6.30. The van der Waals surface area contributed by atoms with Crippen LogP contribution < -0.4 is 42.0 Å². The molecule has 124 heavy (non-hydrogen) atoms. The van der Waals surface area contributed by atoms with E-state index in [1.165, 1.54) is 85.7 Å². The minimum absolute atomic E-state index is 0.0111. The number of allylic oxidation sites excluding steroid dienone is 3. The SMILES string of the molecule is COc1cc2cc(c1Cl)N(C)C(=O)CC[C@H](OC(=O)[C@H](C)N(C)C(=O)CCSSCCC(=O)N1CCN(C(=O)CC[C@H]3C(=O)N[C@@H](Cc4ccc(O)cc4)C(=O)N[C@H](Cc4c[nH]c5ccccc45)C(=O)C[C@@H](CCCCN)C(=O)N[C@@H]([C@@H](C)O)C(=O)N[C@@H](Cc4ccccc4)C(=O)N3C)CC1)[C@]1(C)O[C@H]1[C@H](C)[C@@H]1C[C@@](O)(NC(=O)O1)[C@H](OC)/C=C/C=C(\C)C2. The average Bonchev–Trinajstić information content (AvgIpc) is 1.57. The summed E-state index contributed by atoms with van der Waals surface area (Å²) in [6.07, 6.45) is 0.570. The van der Waals surface area contributed by atoms with Gasteiger partial charge in [0.05, 0.1) is 31.0 Å². The number of para-hydroxylation sites is 1. The van der Waals surface area contributed by atoms with E-state index >= 15 is 19.2 Å². The van der Waals surface area contributed by atoms with Crippen molar-refractivity contribution in [1.29, 1.82) is 0 Å². The number of nitrogens with two attached hydrogens (primary N) is 1. The monoisotopic (exact) mass is 1770 g/mol. The summed E-state index contributed by atoms with van der Waals surface area (Å²) in [4.78, 5) is 184. The number of benzene rings is 4. The van der Waals surface area contributed by atoms with Crippen molar-refractivity contribution >= 4 is 121 Å². The zero-order valence-electron chi connectivity index (χ0n) is 71.8. The molecule has 1 aromatic heterocycles. The van der Waals surface area contributed by atoms with E-state index in [-0.39, 0.29) is 132 Å². The molecule has 0 spiro atoms. The van der Waals surface area contributed by atoms with Gasteiger partial charge in [0, 0.05) is 153 Å². The van der Waals surface area contributed by atoms with Crippen LogP contribution in [-0.4, -0.2) is 269 Å². The maximum atomic E-state index is 15.4. The number of halogens is 1. The third-order valence-corrected chi connectivity index (χ3v) is 26.8. The highest BCUT2D eigenvalue weighted by atomic mass is 35.5. The van der Waals surface area contributed by atoms with Crippen molar-refractivity contribution in [2.24, 2.45) is 17.6 Å². The Labute approximate surface area is 735 Å². The van der Waals surface area contributed by atoms with Gasteiger partial charge in [0.2, 0.25) is 53.2 Å². The van der Waals surface area contributed by atoms with Gasteiger partial charge in [-0.1, -0.05) is 131 Å². The number of amides is 10. The topological polar surface area (TPSA) is 433 Å². The highest BCUT2D eigenvalue weighted by Gasteiger charge is 2.64. The number of aliphatic hydroxyl groups is 2. The van der Waals surface area contributed by atoms with Gasteiger partial charge in [0.15, 0.2) is 11.5 Å². The van der Waals surface area contributed by atoms with Crippen LogP contribution in [-0.2, 0) is 97.4 Å². The molecule has 4 saturated heterocycles. The summed E-state index contributed by atoms with van der Waals surface area (Å²) in [5, 5.41) is 48.2. The van der Waals surface area contributed by atoms with Gasteiger partial charge in [-0.2, -0.15) is 0 Å². The number of esters is 1. The van der Waals surface area contributed by atoms with Crippen LogP contribution >= 0.6 is 33.2 Å². The Kier molecular flexibility index (Phi) is 34.3. The summed E-state index contributed by atoms with van der Waals surface area (Å²) in [7, 11) is 10.0. The Balaban J connectivity index is 0.768. The molecule has 672 valence electrons. The number of H-pyrrole nitrogens is 1. The fourth-order valence-electron chi connectivity index (χ4n) is 16.3. The second kappa shape index (κ2) is 44.2. The van der Waals surface area contributed by atoms with E-state index in [2.05, 4.69) is 31.6 Å². The number of carbonyl (C=O) groups excluding carboxylic acids is 12.